The Morgan fingerprint density at radius 3 is 2.35 bits per heavy atom. The second kappa shape index (κ2) is 6.55. The van der Waals surface area contributed by atoms with Gasteiger partial charge in [-0.2, -0.15) is 0 Å². The zero-order valence-electron chi connectivity index (χ0n) is 11.1. The van der Waals surface area contributed by atoms with Gasteiger partial charge in [-0.15, -0.1) is 0 Å². The van der Waals surface area contributed by atoms with Crippen molar-refractivity contribution in [1.82, 2.24) is 9.88 Å². The summed E-state index contributed by atoms with van der Waals surface area (Å²) in [6, 6.07) is 4.12. The molecule has 1 aromatic heterocycles. The Hall–Kier alpha value is -1.16. The SMILES string of the molecule is CC(C)N(CCNc1ccc(F)cn1)C(C)C. The third-order valence-electron chi connectivity index (χ3n) is 2.73. The molecular weight excluding hydrogens is 217 g/mol. The van der Waals surface area contributed by atoms with Crippen LogP contribution >= 0.6 is 0 Å². The highest BCUT2D eigenvalue weighted by atomic mass is 19.1. The summed E-state index contributed by atoms with van der Waals surface area (Å²) in [6.45, 7) is 10.5. The van der Waals surface area contributed by atoms with E-state index in [9.17, 15) is 4.39 Å². The van der Waals surface area contributed by atoms with Gasteiger partial charge in [0.1, 0.15) is 11.6 Å². The number of pyridine rings is 1. The molecule has 17 heavy (non-hydrogen) atoms. The number of rotatable bonds is 6. The van der Waals surface area contributed by atoms with Crippen molar-refractivity contribution in [3.8, 4) is 0 Å². The molecule has 0 atom stereocenters. The lowest BCUT2D eigenvalue weighted by atomic mass is 10.2. The summed E-state index contributed by atoms with van der Waals surface area (Å²) in [7, 11) is 0. The van der Waals surface area contributed by atoms with Crippen molar-refractivity contribution in [1.29, 1.82) is 0 Å². The molecule has 0 saturated carbocycles. The first kappa shape index (κ1) is 13.9. The molecule has 1 N–H and O–H groups in total. The number of hydrogen-bond acceptors (Lipinski definition) is 3. The van der Waals surface area contributed by atoms with Crippen molar-refractivity contribution >= 4 is 5.82 Å². The van der Waals surface area contributed by atoms with E-state index in [4.69, 9.17) is 0 Å². The Bertz CT molecular complexity index is 314. The molecule has 96 valence electrons. The topological polar surface area (TPSA) is 28.2 Å². The van der Waals surface area contributed by atoms with Crippen LogP contribution in [0, 0.1) is 5.82 Å². The second-order valence-corrected chi connectivity index (χ2v) is 4.71. The van der Waals surface area contributed by atoms with Crippen molar-refractivity contribution in [2.75, 3.05) is 18.4 Å². The molecule has 0 spiro atoms. The summed E-state index contributed by atoms with van der Waals surface area (Å²) in [5, 5.41) is 3.19. The standard InChI is InChI=1S/C13H22FN3/c1-10(2)17(11(3)4)8-7-15-13-6-5-12(14)9-16-13/h5-6,9-11H,7-8H2,1-4H3,(H,15,16). The quantitative estimate of drug-likeness (QED) is 0.827. The second-order valence-electron chi connectivity index (χ2n) is 4.71. The van der Waals surface area contributed by atoms with E-state index in [0.29, 0.717) is 12.1 Å². The summed E-state index contributed by atoms with van der Waals surface area (Å²) < 4.78 is 12.7. The van der Waals surface area contributed by atoms with Crippen LogP contribution < -0.4 is 5.32 Å². The average Bonchev–Trinajstić information content (AvgIpc) is 2.25. The van der Waals surface area contributed by atoms with E-state index in [1.165, 1.54) is 12.3 Å². The van der Waals surface area contributed by atoms with Gasteiger partial charge in [-0.25, -0.2) is 9.37 Å². The first-order valence-corrected chi connectivity index (χ1v) is 6.12. The molecule has 1 rings (SSSR count). The number of nitrogens with zero attached hydrogens (tertiary/aromatic N) is 2. The molecule has 4 heteroatoms. The molecule has 1 aromatic rings. The minimum Gasteiger partial charge on any atom is -0.369 e. The van der Waals surface area contributed by atoms with Gasteiger partial charge in [0.15, 0.2) is 0 Å². The maximum atomic E-state index is 12.7. The van der Waals surface area contributed by atoms with Crippen LogP contribution in [0.2, 0.25) is 0 Å². The van der Waals surface area contributed by atoms with E-state index in [-0.39, 0.29) is 5.82 Å². The van der Waals surface area contributed by atoms with Crippen LogP contribution in [0.4, 0.5) is 10.2 Å². The number of hydrogen-bond donors (Lipinski definition) is 1. The van der Waals surface area contributed by atoms with E-state index in [1.807, 2.05) is 0 Å². The predicted molar refractivity (Wildman–Crippen MR) is 69.7 cm³/mol. The Labute approximate surface area is 103 Å². The fraction of sp³-hybridized carbons (Fsp3) is 0.615. The van der Waals surface area contributed by atoms with E-state index in [2.05, 4.69) is 42.9 Å². The van der Waals surface area contributed by atoms with Gasteiger partial charge in [-0.05, 0) is 39.8 Å². The average molecular weight is 239 g/mol. The van der Waals surface area contributed by atoms with Crippen LogP contribution in [0.25, 0.3) is 0 Å². The normalized spacial score (nSPS) is 11.5. The molecule has 0 aliphatic heterocycles. The van der Waals surface area contributed by atoms with Gasteiger partial charge in [0.25, 0.3) is 0 Å². The maximum absolute atomic E-state index is 12.7. The molecule has 0 amide bonds. The van der Waals surface area contributed by atoms with Gasteiger partial charge in [-0.1, -0.05) is 0 Å². The monoisotopic (exact) mass is 239 g/mol. The molecule has 0 aliphatic carbocycles. The van der Waals surface area contributed by atoms with Crippen molar-refractivity contribution in [3.63, 3.8) is 0 Å². The third kappa shape index (κ3) is 4.69. The summed E-state index contributed by atoms with van der Waals surface area (Å²) in [4.78, 5) is 6.36. The zero-order chi connectivity index (χ0) is 12.8. The lowest BCUT2D eigenvalue weighted by Gasteiger charge is -2.30. The van der Waals surface area contributed by atoms with Crippen molar-refractivity contribution in [2.45, 2.75) is 39.8 Å². The molecule has 0 bridgehead atoms. The number of aromatic nitrogens is 1. The smallest absolute Gasteiger partial charge is 0.141 e. The highest BCUT2D eigenvalue weighted by Crippen LogP contribution is 2.06. The van der Waals surface area contributed by atoms with Crippen LogP contribution in [-0.4, -0.2) is 35.1 Å². The Morgan fingerprint density at radius 1 is 1.24 bits per heavy atom. The largest absolute Gasteiger partial charge is 0.369 e. The van der Waals surface area contributed by atoms with Gasteiger partial charge in [0, 0.05) is 25.2 Å². The first-order chi connectivity index (χ1) is 8.00. The fourth-order valence-corrected chi connectivity index (χ4v) is 1.91. The van der Waals surface area contributed by atoms with Gasteiger partial charge in [-0.3, -0.25) is 4.90 Å². The lowest BCUT2D eigenvalue weighted by molar-refractivity contribution is 0.182. The Balaban J connectivity index is 2.38. The third-order valence-corrected chi connectivity index (χ3v) is 2.73. The summed E-state index contributed by atoms with van der Waals surface area (Å²) in [5.74, 6) is 0.417. The van der Waals surface area contributed by atoms with Crippen LogP contribution in [0.1, 0.15) is 27.7 Å². The lowest BCUT2D eigenvalue weighted by Crippen LogP contribution is -2.40. The summed E-state index contributed by atoms with van der Waals surface area (Å²) in [5.41, 5.74) is 0. The highest BCUT2D eigenvalue weighted by molar-refractivity contribution is 5.33. The highest BCUT2D eigenvalue weighted by Gasteiger charge is 2.12. The molecule has 0 aliphatic rings. The van der Waals surface area contributed by atoms with E-state index >= 15 is 0 Å². The summed E-state index contributed by atoms with van der Waals surface area (Å²) in [6.07, 6.45) is 1.23. The number of anilines is 1. The summed E-state index contributed by atoms with van der Waals surface area (Å²) >= 11 is 0. The van der Waals surface area contributed by atoms with Gasteiger partial charge >= 0.3 is 0 Å². The minimum absolute atomic E-state index is 0.304. The number of halogens is 1. The fourth-order valence-electron chi connectivity index (χ4n) is 1.91. The Morgan fingerprint density at radius 2 is 1.88 bits per heavy atom. The van der Waals surface area contributed by atoms with Gasteiger partial charge in [0.2, 0.25) is 0 Å². The predicted octanol–water partition coefficient (Wildman–Crippen LogP) is 2.75. The first-order valence-electron chi connectivity index (χ1n) is 6.12. The van der Waals surface area contributed by atoms with Crippen molar-refractivity contribution < 1.29 is 4.39 Å². The molecule has 0 fully saturated rings. The van der Waals surface area contributed by atoms with Crippen molar-refractivity contribution in [3.05, 3.63) is 24.1 Å². The van der Waals surface area contributed by atoms with Crippen LogP contribution in [-0.2, 0) is 0 Å². The van der Waals surface area contributed by atoms with Gasteiger partial charge < -0.3 is 5.32 Å². The molecule has 0 aromatic carbocycles. The van der Waals surface area contributed by atoms with Gasteiger partial charge in [0.05, 0.1) is 6.20 Å². The van der Waals surface area contributed by atoms with Crippen LogP contribution in [0.15, 0.2) is 18.3 Å². The maximum Gasteiger partial charge on any atom is 0.141 e. The molecule has 3 nitrogen and oxygen atoms in total. The van der Waals surface area contributed by atoms with E-state index in [0.717, 1.165) is 18.9 Å². The molecular formula is C13H22FN3. The van der Waals surface area contributed by atoms with Crippen molar-refractivity contribution in [2.24, 2.45) is 0 Å². The molecule has 0 radical (unpaired) electrons. The number of nitrogens with one attached hydrogen (secondary N) is 1. The zero-order valence-corrected chi connectivity index (χ0v) is 11.1. The van der Waals surface area contributed by atoms with Crippen LogP contribution in [0.3, 0.4) is 0 Å². The minimum atomic E-state index is -0.304. The molecule has 0 unspecified atom stereocenters. The van der Waals surface area contributed by atoms with E-state index < -0.39 is 0 Å². The van der Waals surface area contributed by atoms with E-state index in [1.54, 1.807) is 6.07 Å². The Kier molecular flexibility index (Phi) is 5.35. The molecule has 0 saturated heterocycles. The van der Waals surface area contributed by atoms with Crippen LogP contribution in [0.5, 0.6) is 0 Å². The molecule has 1 heterocycles.